The smallest absolute Gasteiger partial charge is 0.261 e. The fraction of sp³-hybridized carbons (Fsp3) is 0.273. The zero-order valence-electron chi connectivity index (χ0n) is 16.0. The summed E-state index contributed by atoms with van der Waals surface area (Å²) in [6, 6.07) is 16.2. The molecule has 29 heavy (non-hydrogen) atoms. The summed E-state index contributed by atoms with van der Waals surface area (Å²) in [5.41, 5.74) is 1.04. The normalized spacial score (nSPS) is 14.7. The maximum atomic E-state index is 12.7. The van der Waals surface area contributed by atoms with Gasteiger partial charge in [0, 0.05) is 24.7 Å². The van der Waals surface area contributed by atoms with E-state index >= 15 is 0 Å². The number of carbonyl (C=O) groups excluding carboxylic acids is 2. The average molecular weight is 390 g/mol. The second-order valence-corrected chi connectivity index (χ2v) is 7.19. The summed E-state index contributed by atoms with van der Waals surface area (Å²) in [6.07, 6.45) is 2.81. The first kappa shape index (κ1) is 18.9. The highest BCUT2D eigenvalue weighted by Crippen LogP contribution is 2.12. The Morgan fingerprint density at radius 3 is 2.45 bits per heavy atom. The summed E-state index contributed by atoms with van der Waals surface area (Å²) in [5, 5.41) is 3.54. The van der Waals surface area contributed by atoms with Crippen molar-refractivity contribution < 1.29 is 9.59 Å². The van der Waals surface area contributed by atoms with E-state index in [9.17, 15) is 14.4 Å². The molecule has 3 aromatic rings. The van der Waals surface area contributed by atoms with Crippen molar-refractivity contribution in [1.29, 1.82) is 0 Å². The standard InChI is InChI=1S/C22H22N4O3/c27-20(14-26-15-23-19-9-5-4-8-18(19)22(26)29)25-12-10-17(11-13-25)24-21(28)16-6-2-1-3-7-16/h1-9,15,17H,10-14H2,(H,24,28). The Hall–Kier alpha value is -3.48. The number of fused-ring (bicyclic) bond motifs is 1. The van der Waals surface area contributed by atoms with E-state index in [-0.39, 0.29) is 30.0 Å². The molecule has 1 N–H and O–H groups in total. The van der Waals surface area contributed by atoms with E-state index in [2.05, 4.69) is 10.3 Å². The van der Waals surface area contributed by atoms with Gasteiger partial charge in [0.15, 0.2) is 0 Å². The van der Waals surface area contributed by atoms with Crippen LogP contribution >= 0.6 is 0 Å². The first-order chi connectivity index (χ1) is 14.1. The number of piperidine rings is 1. The van der Waals surface area contributed by atoms with Gasteiger partial charge in [0.25, 0.3) is 11.5 Å². The Bertz CT molecular complexity index is 1090. The first-order valence-corrected chi connectivity index (χ1v) is 9.70. The third-order valence-corrected chi connectivity index (χ3v) is 5.26. The van der Waals surface area contributed by atoms with Crippen molar-refractivity contribution in [2.45, 2.75) is 25.4 Å². The number of nitrogens with one attached hydrogen (secondary N) is 1. The lowest BCUT2D eigenvalue weighted by atomic mass is 10.0. The molecule has 2 amide bonds. The molecule has 0 spiro atoms. The van der Waals surface area contributed by atoms with Crippen LogP contribution in [0, 0.1) is 0 Å². The van der Waals surface area contributed by atoms with E-state index in [4.69, 9.17) is 0 Å². The van der Waals surface area contributed by atoms with E-state index in [1.165, 1.54) is 10.9 Å². The third-order valence-electron chi connectivity index (χ3n) is 5.26. The molecule has 0 atom stereocenters. The number of likely N-dealkylation sites (tertiary alicyclic amines) is 1. The zero-order chi connectivity index (χ0) is 20.2. The minimum Gasteiger partial charge on any atom is -0.349 e. The van der Waals surface area contributed by atoms with Crippen molar-refractivity contribution in [3.8, 4) is 0 Å². The number of rotatable bonds is 4. The Morgan fingerprint density at radius 2 is 1.69 bits per heavy atom. The Kier molecular flexibility index (Phi) is 5.37. The highest BCUT2D eigenvalue weighted by Gasteiger charge is 2.24. The van der Waals surface area contributed by atoms with Gasteiger partial charge in [-0.2, -0.15) is 0 Å². The number of amides is 2. The molecule has 148 valence electrons. The molecule has 4 rings (SSSR count). The lowest BCUT2D eigenvalue weighted by molar-refractivity contribution is -0.133. The summed E-state index contributed by atoms with van der Waals surface area (Å²) in [6.45, 7) is 1.07. The summed E-state index contributed by atoms with van der Waals surface area (Å²) >= 11 is 0. The van der Waals surface area contributed by atoms with Crippen LogP contribution in [-0.4, -0.2) is 45.4 Å². The van der Waals surface area contributed by atoms with E-state index in [0.29, 0.717) is 42.4 Å². The Labute approximate surface area is 168 Å². The fourth-order valence-corrected chi connectivity index (χ4v) is 3.60. The molecule has 7 heteroatoms. The van der Waals surface area contributed by atoms with Crippen molar-refractivity contribution in [3.05, 3.63) is 76.8 Å². The van der Waals surface area contributed by atoms with Crippen molar-refractivity contribution in [2.24, 2.45) is 0 Å². The van der Waals surface area contributed by atoms with Crippen LogP contribution in [0.4, 0.5) is 0 Å². The fourth-order valence-electron chi connectivity index (χ4n) is 3.60. The lowest BCUT2D eigenvalue weighted by Crippen LogP contribution is -2.47. The van der Waals surface area contributed by atoms with Crippen LogP contribution in [0.25, 0.3) is 10.9 Å². The molecular formula is C22H22N4O3. The number of nitrogens with zero attached hydrogens (tertiary/aromatic N) is 3. The summed E-state index contributed by atoms with van der Waals surface area (Å²) < 4.78 is 1.36. The zero-order valence-corrected chi connectivity index (χ0v) is 16.0. The van der Waals surface area contributed by atoms with Crippen molar-refractivity contribution in [3.63, 3.8) is 0 Å². The van der Waals surface area contributed by atoms with Gasteiger partial charge in [-0.1, -0.05) is 30.3 Å². The minimum absolute atomic E-state index is 0.0301. The molecule has 1 aliphatic heterocycles. The van der Waals surface area contributed by atoms with Gasteiger partial charge in [-0.05, 0) is 37.1 Å². The van der Waals surface area contributed by atoms with E-state index in [1.807, 2.05) is 24.3 Å². The Morgan fingerprint density at radius 1 is 1.00 bits per heavy atom. The molecule has 1 saturated heterocycles. The van der Waals surface area contributed by atoms with Crippen LogP contribution in [0.5, 0.6) is 0 Å². The second-order valence-electron chi connectivity index (χ2n) is 7.19. The van der Waals surface area contributed by atoms with Gasteiger partial charge >= 0.3 is 0 Å². The molecule has 1 fully saturated rings. The Balaban J connectivity index is 1.34. The number of para-hydroxylation sites is 1. The highest BCUT2D eigenvalue weighted by atomic mass is 16.2. The number of benzene rings is 2. The number of hydrogen-bond donors (Lipinski definition) is 1. The van der Waals surface area contributed by atoms with Crippen LogP contribution < -0.4 is 10.9 Å². The average Bonchev–Trinajstić information content (AvgIpc) is 2.77. The SMILES string of the molecule is O=C(NC1CCN(C(=O)Cn2cnc3ccccc3c2=O)CC1)c1ccccc1. The quantitative estimate of drug-likeness (QED) is 0.737. The highest BCUT2D eigenvalue weighted by molar-refractivity contribution is 5.94. The van der Waals surface area contributed by atoms with Crippen LogP contribution in [0.15, 0.2) is 65.7 Å². The molecule has 0 bridgehead atoms. The van der Waals surface area contributed by atoms with Gasteiger partial charge in [0.2, 0.25) is 5.91 Å². The molecule has 1 aliphatic rings. The van der Waals surface area contributed by atoms with Crippen LogP contribution in [-0.2, 0) is 11.3 Å². The van der Waals surface area contributed by atoms with E-state index in [0.717, 1.165) is 0 Å². The molecule has 7 nitrogen and oxygen atoms in total. The molecule has 0 aliphatic carbocycles. The van der Waals surface area contributed by atoms with Crippen molar-refractivity contribution in [1.82, 2.24) is 19.8 Å². The molecule has 1 aromatic heterocycles. The molecule has 2 heterocycles. The van der Waals surface area contributed by atoms with Gasteiger partial charge < -0.3 is 10.2 Å². The molecule has 0 radical (unpaired) electrons. The summed E-state index contributed by atoms with van der Waals surface area (Å²) in [7, 11) is 0. The third kappa shape index (κ3) is 4.18. The van der Waals surface area contributed by atoms with Crippen molar-refractivity contribution >= 4 is 22.7 Å². The van der Waals surface area contributed by atoms with Gasteiger partial charge in [0.1, 0.15) is 6.54 Å². The predicted octanol–water partition coefficient (Wildman–Crippen LogP) is 1.82. The molecule has 0 saturated carbocycles. The predicted molar refractivity (Wildman–Crippen MR) is 110 cm³/mol. The number of carbonyl (C=O) groups is 2. The van der Waals surface area contributed by atoms with Gasteiger partial charge in [-0.25, -0.2) is 4.98 Å². The molecular weight excluding hydrogens is 368 g/mol. The van der Waals surface area contributed by atoms with Gasteiger partial charge in [0.05, 0.1) is 17.2 Å². The number of aromatic nitrogens is 2. The second kappa shape index (κ2) is 8.26. The van der Waals surface area contributed by atoms with E-state index in [1.54, 1.807) is 35.2 Å². The van der Waals surface area contributed by atoms with Crippen LogP contribution in [0.3, 0.4) is 0 Å². The maximum Gasteiger partial charge on any atom is 0.261 e. The number of hydrogen-bond acceptors (Lipinski definition) is 4. The van der Waals surface area contributed by atoms with Crippen LogP contribution in [0.2, 0.25) is 0 Å². The topological polar surface area (TPSA) is 84.3 Å². The molecule has 0 unspecified atom stereocenters. The minimum atomic E-state index is -0.214. The van der Waals surface area contributed by atoms with Crippen LogP contribution in [0.1, 0.15) is 23.2 Å². The lowest BCUT2D eigenvalue weighted by Gasteiger charge is -2.32. The van der Waals surface area contributed by atoms with Gasteiger partial charge in [-0.3, -0.25) is 19.0 Å². The monoisotopic (exact) mass is 390 g/mol. The van der Waals surface area contributed by atoms with Crippen molar-refractivity contribution in [2.75, 3.05) is 13.1 Å². The molecule has 2 aromatic carbocycles. The van der Waals surface area contributed by atoms with E-state index < -0.39 is 0 Å². The first-order valence-electron chi connectivity index (χ1n) is 9.70. The summed E-state index contributed by atoms with van der Waals surface area (Å²) in [4.78, 5) is 43.5. The maximum absolute atomic E-state index is 12.7. The van der Waals surface area contributed by atoms with Gasteiger partial charge in [-0.15, -0.1) is 0 Å². The summed E-state index contributed by atoms with van der Waals surface area (Å²) in [5.74, 6) is -0.207. The largest absolute Gasteiger partial charge is 0.349 e.